The van der Waals surface area contributed by atoms with Gasteiger partial charge in [-0.05, 0) is 31.9 Å². The van der Waals surface area contributed by atoms with E-state index in [1.54, 1.807) is 24.4 Å². The molecule has 178 valence electrons. The van der Waals surface area contributed by atoms with Crippen LogP contribution in [-0.2, 0) is 16.1 Å². The fraction of sp³-hybridized carbons (Fsp3) is 0.455. The fourth-order valence-corrected chi connectivity index (χ4v) is 4.17. The molecule has 1 aliphatic carbocycles. The predicted octanol–water partition coefficient (Wildman–Crippen LogP) is 2.76. The Morgan fingerprint density at radius 3 is 2.61 bits per heavy atom. The Bertz CT molecular complexity index is 970. The van der Waals surface area contributed by atoms with Crippen LogP contribution in [0.4, 0.5) is 9.18 Å². The molecule has 0 aliphatic heterocycles. The number of amides is 3. The maximum absolute atomic E-state index is 13.7. The molecule has 11 heteroatoms. The summed E-state index contributed by atoms with van der Waals surface area (Å²) in [5.41, 5.74) is 0.239. The summed E-state index contributed by atoms with van der Waals surface area (Å²) < 4.78 is 23.9. The number of nitrogens with one attached hydrogen (secondary N) is 3. The third kappa shape index (κ3) is 7.41. The highest BCUT2D eigenvalue weighted by molar-refractivity contribution is 7.09. The molecule has 1 fully saturated rings. The fourth-order valence-electron chi connectivity index (χ4n) is 3.49. The predicted molar refractivity (Wildman–Crippen MR) is 120 cm³/mol. The normalized spacial score (nSPS) is 17.6. The molecule has 33 heavy (non-hydrogen) atoms. The molecule has 3 rings (SSSR count). The quantitative estimate of drug-likeness (QED) is 0.477. The zero-order valence-corrected chi connectivity index (χ0v) is 19.1. The van der Waals surface area contributed by atoms with Crippen molar-refractivity contribution in [3.8, 4) is 5.75 Å². The minimum atomic E-state index is -0.514. The van der Waals surface area contributed by atoms with E-state index in [1.807, 2.05) is 0 Å². The molecule has 1 aromatic heterocycles. The van der Waals surface area contributed by atoms with Gasteiger partial charge in [0.05, 0.1) is 12.6 Å². The van der Waals surface area contributed by atoms with Crippen molar-refractivity contribution in [3.63, 3.8) is 0 Å². The van der Waals surface area contributed by atoms with Crippen molar-refractivity contribution in [2.45, 2.75) is 51.3 Å². The lowest BCUT2D eigenvalue weighted by Crippen LogP contribution is -2.55. The Morgan fingerprint density at radius 2 is 1.88 bits per heavy atom. The number of benzene rings is 1. The molecule has 1 aromatic carbocycles. The highest BCUT2D eigenvalue weighted by Crippen LogP contribution is 2.21. The smallest absolute Gasteiger partial charge is 0.325 e. The van der Waals surface area contributed by atoms with Crippen molar-refractivity contribution < 1.29 is 28.2 Å². The average Bonchev–Trinajstić information content (AvgIpc) is 3.28. The maximum atomic E-state index is 13.7. The van der Waals surface area contributed by atoms with E-state index in [2.05, 4.69) is 20.9 Å². The van der Waals surface area contributed by atoms with Gasteiger partial charge in [0.25, 0.3) is 5.91 Å². The van der Waals surface area contributed by atoms with Gasteiger partial charge in [0, 0.05) is 11.4 Å². The van der Waals surface area contributed by atoms with E-state index in [4.69, 9.17) is 9.47 Å². The SMILES string of the molecule is CCOC(=O)CNC(=O)N[C@@H]1CCCC[C@@H]1NC(=O)c1csc(COc2ccccc2F)n1. The number of para-hydroxylation sites is 1. The lowest BCUT2D eigenvalue weighted by molar-refractivity contribution is -0.141. The van der Waals surface area contributed by atoms with Crippen molar-refractivity contribution in [1.82, 2.24) is 20.9 Å². The summed E-state index contributed by atoms with van der Waals surface area (Å²) >= 11 is 1.25. The van der Waals surface area contributed by atoms with Crippen LogP contribution in [0.1, 0.15) is 48.1 Å². The molecule has 0 spiro atoms. The van der Waals surface area contributed by atoms with E-state index in [0.29, 0.717) is 17.8 Å². The van der Waals surface area contributed by atoms with E-state index < -0.39 is 17.8 Å². The number of hydrogen-bond acceptors (Lipinski definition) is 7. The molecule has 3 N–H and O–H groups in total. The summed E-state index contributed by atoms with van der Waals surface area (Å²) in [6, 6.07) is 5.05. The second-order valence-corrected chi connectivity index (χ2v) is 8.39. The number of hydrogen-bond donors (Lipinski definition) is 3. The van der Waals surface area contributed by atoms with Crippen LogP contribution < -0.4 is 20.7 Å². The van der Waals surface area contributed by atoms with Crippen molar-refractivity contribution in [3.05, 3.63) is 46.2 Å². The zero-order valence-electron chi connectivity index (χ0n) is 18.3. The molecular weight excluding hydrogens is 451 g/mol. The van der Waals surface area contributed by atoms with E-state index in [-0.39, 0.29) is 49.2 Å². The number of carbonyl (C=O) groups excluding carboxylic acids is 3. The van der Waals surface area contributed by atoms with Crippen molar-refractivity contribution in [2.24, 2.45) is 0 Å². The molecule has 1 saturated carbocycles. The summed E-state index contributed by atoms with van der Waals surface area (Å²) in [5.74, 6) is -1.21. The zero-order chi connectivity index (χ0) is 23.6. The van der Waals surface area contributed by atoms with E-state index in [0.717, 1.165) is 12.8 Å². The number of halogens is 1. The maximum Gasteiger partial charge on any atom is 0.325 e. The first-order chi connectivity index (χ1) is 16.0. The summed E-state index contributed by atoms with van der Waals surface area (Å²) in [7, 11) is 0. The summed E-state index contributed by atoms with van der Waals surface area (Å²) in [6.45, 7) is 1.76. The molecule has 3 amide bonds. The van der Waals surface area contributed by atoms with Gasteiger partial charge in [0.15, 0.2) is 11.6 Å². The van der Waals surface area contributed by atoms with Crippen LogP contribution in [-0.4, -0.2) is 48.1 Å². The van der Waals surface area contributed by atoms with E-state index >= 15 is 0 Å². The number of carbonyl (C=O) groups is 3. The Hall–Kier alpha value is -3.21. The molecule has 2 aromatic rings. The summed E-state index contributed by atoms with van der Waals surface area (Å²) in [6.07, 6.45) is 3.26. The van der Waals surface area contributed by atoms with Crippen LogP contribution in [0.2, 0.25) is 0 Å². The minimum Gasteiger partial charge on any atom is -0.483 e. The van der Waals surface area contributed by atoms with Crippen LogP contribution >= 0.6 is 11.3 Å². The first kappa shape index (κ1) is 24.4. The molecule has 0 unspecified atom stereocenters. The van der Waals surface area contributed by atoms with Crippen LogP contribution in [0, 0.1) is 5.82 Å². The summed E-state index contributed by atoms with van der Waals surface area (Å²) in [5, 5.41) is 10.4. The molecule has 0 saturated heterocycles. The number of urea groups is 1. The number of ether oxygens (including phenoxy) is 2. The van der Waals surface area contributed by atoms with Crippen molar-refractivity contribution in [2.75, 3.05) is 13.2 Å². The average molecular weight is 479 g/mol. The second kappa shape index (κ2) is 12.1. The minimum absolute atomic E-state index is 0.0487. The topological polar surface area (TPSA) is 119 Å². The third-order valence-corrected chi connectivity index (χ3v) is 5.89. The Kier molecular flexibility index (Phi) is 8.99. The van der Waals surface area contributed by atoms with Gasteiger partial charge < -0.3 is 25.4 Å². The van der Waals surface area contributed by atoms with Crippen molar-refractivity contribution in [1.29, 1.82) is 0 Å². The first-order valence-electron chi connectivity index (χ1n) is 10.8. The molecule has 2 atom stereocenters. The monoisotopic (exact) mass is 478 g/mol. The van der Waals surface area contributed by atoms with Crippen LogP contribution in [0.25, 0.3) is 0 Å². The third-order valence-electron chi connectivity index (χ3n) is 5.07. The number of rotatable bonds is 9. The molecule has 1 heterocycles. The largest absolute Gasteiger partial charge is 0.483 e. The van der Waals surface area contributed by atoms with E-state index in [9.17, 15) is 18.8 Å². The number of nitrogens with zero attached hydrogens (tertiary/aromatic N) is 1. The molecule has 0 radical (unpaired) electrons. The second-order valence-electron chi connectivity index (χ2n) is 7.45. The number of thiazole rings is 1. The van der Waals surface area contributed by atoms with Gasteiger partial charge in [-0.2, -0.15) is 0 Å². The van der Waals surface area contributed by atoms with Gasteiger partial charge in [0.2, 0.25) is 0 Å². The molecule has 1 aliphatic rings. The van der Waals surface area contributed by atoms with Gasteiger partial charge in [-0.15, -0.1) is 11.3 Å². The van der Waals surface area contributed by atoms with Gasteiger partial charge in [-0.25, -0.2) is 14.2 Å². The standard InChI is InChI=1S/C22H27FN4O5S/c1-2-31-20(28)11-24-22(30)27-16-9-5-4-8-15(16)26-21(29)17-13-33-19(25-17)12-32-18-10-6-3-7-14(18)23/h3,6-7,10,13,15-16H,2,4-5,8-9,11-12H2,1H3,(H,26,29)(H2,24,27,30)/t15-,16+/m0/s1. The van der Waals surface area contributed by atoms with E-state index in [1.165, 1.54) is 23.5 Å². The van der Waals surface area contributed by atoms with Gasteiger partial charge in [0.1, 0.15) is 23.9 Å². The number of aromatic nitrogens is 1. The molecule has 9 nitrogen and oxygen atoms in total. The van der Waals surface area contributed by atoms with Crippen LogP contribution in [0.3, 0.4) is 0 Å². The molecule has 0 bridgehead atoms. The lowest BCUT2D eigenvalue weighted by atomic mass is 9.90. The van der Waals surface area contributed by atoms with Gasteiger partial charge in [-0.1, -0.05) is 25.0 Å². The van der Waals surface area contributed by atoms with Gasteiger partial charge >= 0.3 is 12.0 Å². The highest BCUT2D eigenvalue weighted by atomic mass is 32.1. The van der Waals surface area contributed by atoms with Crippen molar-refractivity contribution >= 4 is 29.2 Å². The Labute approximate surface area is 195 Å². The van der Waals surface area contributed by atoms with Crippen LogP contribution in [0.15, 0.2) is 29.6 Å². The Morgan fingerprint density at radius 1 is 1.15 bits per heavy atom. The lowest BCUT2D eigenvalue weighted by Gasteiger charge is -2.32. The first-order valence-corrected chi connectivity index (χ1v) is 11.7. The molecular formula is C22H27FN4O5S. The highest BCUT2D eigenvalue weighted by Gasteiger charge is 2.29. The van der Waals surface area contributed by atoms with Gasteiger partial charge in [-0.3, -0.25) is 9.59 Å². The number of esters is 1. The van der Waals surface area contributed by atoms with Crippen LogP contribution in [0.5, 0.6) is 5.75 Å². The Balaban J connectivity index is 1.51. The summed E-state index contributed by atoms with van der Waals surface area (Å²) in [4.78, 5) is 40.5.